The second-order valence-electron chi connectivity index (χ2n) is 8.81. The van der Waals surface area contributed by atoms with Crippen molar-refractivity contribution in [2.45, 2.75) is 32.7 Å². The molecule has 180 valence electrons. The first kappa shape index (κ1) is 24.4. The van der Waals surface area contributed by atoms with Gasteiger partial charge in [-0.05, 0) is 59.3 Å². The van der Waals surface area contributed by atoms with E-state index in [2.05, 4.69) is 13.8 Å². The molecule has 3 heterocycles. The molecular formula is C26H29FN2O3S2. The molecule has 1 aliphatic heterocycles. The lowest BCUT2D eigenvalue weighted by atomic mass is 10.0. The molecule has 0 saturated carbocycles. The predicted octanol–water partition coefficient (Wildman–Crippen LogP) is 5.64. The number of rotatable bonds is 9. The monoisotopic (exact) mass is 500 g/mol. The Morgan fingerprint density at radius 1 is 1.18 bits per heavy atom. The number of carbonyl (C=O) groups is 2. The summed E-state index contributed by atoms with van der Waals surface area (Å²) in [4.78, 5) is 32.0. The number of ether oxygens (including phenoxy) is 1. The first-order valence-corrected chi connectivity index (χ1v) is 13.2. The number of hydrogen-bond acceptors (Lipinski definition) is 5. The molecule has 2 aromatic heterocycles. The van der Waals surface area contributed by atoms with E-state index in [4.69, 9.17) is 4.74 Å². The van der Waals surface area contributed by atoms with Crippen LogP contribution in [0.5, 0.6) is 5.75 Å². The molecule has 0 bridgehead atoms. The topological polar surface area (TPSA) is 49.9 Å². The van der Waals surface area contributed by atoms with Gasteiger partial charge in [0, 0.05) is 24.0 Å². The van der Waals surface area contributed by atoms with Crippen LogP contribution in [0.2, 0.25) is 0 Å². The number of benzene rings is 1. The third-order valence-corrected chi connectivity index (χ3v) is 7.80. The van der Waals surface area contributed by atoms with E-state index in [0.29, 0.717) is 29.6 Å². The summed E-state index contributed by atoms with van der Waals surface area (Å²) in [6, 6.07) is 11.4. The predicted molar refractivity (Wildman–Crippen MR) is 134 cm³/mol. The minimum Gasteiger partial charge on any atom is -0.491 e. The van der Waals surface area contributed by atoms with Crippen molar-refractivity contribution in [3.05, 3.63) is 74.4 Å². The number of hydrogen-bond donors (Lipinski definition) is 0. The summed E-state index contributed by atoms with van der Waals surface area (Å²) in [7, 11) is 0. The number of amides is 2. The summed E-state index contributed by atoms with van der Waals surface area (Å²) in [6.45, 7) is 5.57. The van der Waals surface area contributed by atoms with Gasteiger partial charge >= 0.3 is 0 Å². The van der Waals surface area contributed by atoms with Gasteiger partial charge in [-0.3, -0.25) is 9.59 Å². The standard InChI is InChI=1S/C26H29FN2O3S2/c1-18(2)8-11-28(26(31)24-7-4-13-33-24)16-25(30)29-12-9-23-21(10-14-34-23)22(29)17-32-20-6-3-5-19(27)15-20/h3-7,10,13-15,18,22H,8-9,11-12,16-17H2,1-2H3. The molecule has 0 saturated heterocycles. The minimum atomic E-state index is -0.363. The van der Waals surface area contributed by atoms with Crippen molar-refractivity contribution in [3.8, 4) is 5.75 Å². The second-order valence-corrected chi connectivity index (χ2v) is 10.8. The summed E-state index contributed by atoms with van der Waals surface area (Å²) in [6.07, 6.45) is 1.60. The molecule has 34 heavy (non-hydrogen) atoms. The zero-order valence-electron chi connectivity index (χ0n) is 19.4. The summed E-state index contributed by atoms with van der Waals surface area (Å²) in [5.41, 5.74) is 1.07. The fourth-order valence-electron chi connectivity index (χ4n) is 4.08. The maximum absolute atomic E-state index is 13.6. The van der Waals surface area contributed by atoms with Crippen LogP contribution in [0, 0.1) is 11.7 Å². The Hall–Kier alpha value is -2.71. The van der Waals surface area contributed by atoms with Crippen molar-refractivity contribution >= 4 is 34.5 Å². The number of carbonyl (C=O) groups excluding carboxylic acids is 2. The third kappa shape index (κ3) is 5.85. The molecule has 4 rings (SSSR count). The Kier molecular flexibility index (Phi) is 8.00. The zero-order chi connectivity index (χ0) is 24.1. The number of fused-ring (bicyclic) bond motifs is 1. The van der Waals surface area contributed by atoms with Crippen LogP contribution >= 0.6 is 22.7 Å². The molecule has 1 aromatic carbocycles. The van der Waals surface area contributed by atoms with Crippen molar-refractivity contribution in [1.29, 1.82) is 0 Å². The SMILES string of the molecule is CC(C)CCN(CC(=O)N1CCc2sccc2C1COc1cccc(F)c1)C(=O)c1cccs1. The lowest BCUT2D eigenvalue weighted by molar-refractivity contribution is -0.135. The third-order valence-electron chi connectivity index (χ3n) is 5.94. The summed E-state index contributed by atoms with van der Waals surface area (Å²) < 4.78 is 19.5. The molecule has 2 amide bonds. The van der Waals surface area contributed by atoms with Crippen LogP contribution in [0.3, 0.4) is 0 Å². The van der Waals surface area contributed by atoms with Gasteiger partial charge in [-0.15, -0.1) is 22.7 Å². The Morgan fingerprint density at radius 2 is 2.03 bits per heavy atom. The van der Waals surface area contributed by atoms with Crippen LogP contribution in [0.4, 0.5) is 4.39 Å². The zero-order valence-corrected chi connectivity index (χ0v) is 21.0. The van der Waals surface area contributed by atoms with Gasteiger partial charge in [-0.1, -0.05) is 26.0 Å². The fourth-order valence-corrected chi connectivity index (χ4v) is 5.70. The van der Waals surface area contributed by atoms with Gasteiger partial charge in [0.15, 0.2) is 0 Å². The molecule has 1 atom stereocenters. The molecule has 0 radical (unpaired) electrons. The van der Waals surface area contributed by atoms with Crippen LogP contribution in [0.1, 0.15) is 46.4 Å². The van der Waals surface area contributed by atoms with Gasteiger partial charge in [0.05, 0.1) is 10.9 Å². The second kappa shape index (κ2) is 11.1. The fraction of sp³-hybridized carbons (Fsp3) is 0.385. The lowest BCUT2D eigenvalue weighted by Gasteiger charge is -2.37. The highest BCUT2D eigenvalue weighted by Gasteiger charge is 2.33. The first-order valence-electron chi connectivity index (χ1n) is 11.5. The molecule has 0 fully saturated rings. The van der Waals surface area contributed by atoms with Crippen LogP contribution in [0.25, 0.3) is 0 Å². The maximum Gasteiger partial charge on any atom is 0.264 e. The van der Waals surface area contributed by atoms with E-state index in [1.165, 1.54) is 28.3 Å². The molecule has 0 spiro atoms. The lowest BCUT2D eigenvalue weighted by Crippen LogP contribution is -2.48. The van der Waals surface area contributed by atoms with Gasteiger partial charge in [0.25, 0.3) is 5.91 Å². The van der Waals surface area contributed by atoms with Crippen molar-refractivity contribution in [1.82, 2.24) is 9.80 Å². The summed E-state index contributed by atoms with van der Waals surface area (Å²) in [5, 5.41) is 3.90. The van der Waals surface area contributed by atoms with Crippen LogP contribution in [-0.4, -0.2) is 47.9 Å². The van der Waals surface area contributed by atoms with Gasteiger partial charge in [-0.25, -0.2) is 4.39 Å². The smallest absolute Gasteiger partial charge is 0.264 e. The Labute approximate surface area is 207 Å². The highest BCUT2D eigenvalue weighted by atomic mass is 32.1. The summed E-state index contributed by atoms with van der Waals surface area (Å²) in [5.74, 6) is 0.284. The van der Waals surface area contributed by atoms with E-state index < -0.39 is 0 Å². The van der Waals surface area contributed by atoms with Gasteiger partial charge in [0.1, 0.15) is 24.7 Å². The molecule has 8 heteroatoms. The Morgan fingerprint density at radius 3 is 2.76 bits per heavy atom. The van der Waals surface area contributed by atoms with Gasteiger partial charge < -0.3 is 14.5 Å². The van der Waals surface area contributed by atoms with Gasteiger partial charge in [0.2, 0.25) is 5.91 Å². The van der Waals surface area contributed by atoms with Gasteiger partial charge in [-0.2, -0.15) is 0 Å². The highest BCUT2D eigenvalue weighted by Crippen LogP contribution is 2.34. The van der Waals surface area contributed by atoms with E-state index in [1.807, 2.05) is 27.8 Å². The normalized spacial score (nSPS) is 15.3. The van der Waals surface area contributed by atoms with Crippen molar-refractivity contribution in [2.75, 3.05) is 26.2 Å². The highest BCUT2D eigenvalue weighted by molar-refractivity contribution is 7.12. The van der Waals surface area contributed by atoms with E-state index in [1.54, 1.807) is 34.4 Å². The summed E-state index contributed by atoms with van der Waals surface area (Å²) >= 11 is 3.07. The average Bonchev–Trinajstić information content (AvgIpc) is 3.51. The van der Waals surface area contributed by atoms with Crippen molar-refractivity contribution in [3.63, 3.8) is 0 Å². The van der Waals surface area contributed by atoms with E-state index in [-0.39, 0.29) is 36.8 Å². The van der Waals surface area contributed by atoms with Crippen LogP contribution in [0.15, 0.2) is 53.2 Å². The number of thiophene rings is 2. The van der Waals surface area contributed by atoms with Crippen LogP contribution in [-0.2, 0) is 11.2 Å². The quantitative estimate of drug-likeness (QED) is 0.382. The van der Waals surface area contributed by atoms with E-state index >= 15 is 0 Å². The minimum absolute atomic E-state index is 0.0272. The number of halogens is 1. The van der Waals surface area contributed by atoms with Crippen LogP contribution < -0.4 is 4.74 Å². The maximum atomic E-state index is 13.6. The average molecular weight is 501 g/mol. The first-order chi connectivity index (χ1) is 16.4. The molecular weight excluding hydrogens is 471 g/mol. The Balaban J connectivity index is 1.52. The molecule has 1 unspecified atom stereocenters. The largest absolute Gasteiger partial charge is 0.491 e. The van der Waals surface area contributed by atoms with Crippen molar-refractivity contribution < 1.29 is 18.7 Å². The molecule has 0 aliphatic carbocycles. The Bertz CT molecular complexity index is 1110. The molecule has 1 aliphatic rings. The van der Waals surface area contributed by atoms with E-state index in [0.717, 1.165) is 18.4 Å². The van der Waals surface area contributed by atoms with Crippen molar-refractivity contribution in [2.24, 2.45) is 5.92 Å². The molecule has 3 aromatic rings. The number of nitrogens with zero attached hydrogens (tertiary/aromatic N) is 2. The molecule has 5 nitrogen and oxygen atoms in total. The molecule has 0 N–H and O–H groups in total. The van der Waals surface area contributed by atoms with E-state index in [9.17, 15) is 14.0 Å².